The van der Waals surface area contributed by atoms with Crippen molar-refractivity contribution >= 4 is 29.1 Å². The molecule has 12 heteroatoms. The summed E-state index contributed by atoms with van der Waals surface area (Å²) in [6.07, 6.45) is 1.41. The molecule has 3 amide bonds. The summed E-state index contributed by atoms with van der Waals surface area (Å²) < 4.78 is 1.43. The van der Waals surface area contributed by atoms with E-state index in [2.05, 4.69) is 20.8 Å². The molecule has 1 atom stereocenters. The smallest absolute Gasteiger partial charge is 0.282 e. The molecule has 0 aliphatic carbocycles. The van der Waals surface area contributed by atoms with Gasteiger partial charge in [0.25, 0.3) is 17.5 Å². The van der Waals surface area contributed by atoms with Gasteiger partial charge < -0.3 is 5.32 Å². The molecule has 0 fully saturated rings. The molecule has 0 bridgehead atoms. The van der Waals surface area contributed by atoms with Crippen molar-refractivity contribution in [3.8, 4) is 5.69 Å². The van der Waals surface area contributed by atoms with Crippen molar-refractivity contribution in [2.75, 3.05) is 5.32 Å². The van der Waals surface area contributed by atoms with E-state index in [1.54, 1.807) is 24.3 Å². The Labute approximate surface area is 168 Å². The van der Waals surface area contributed by atoms with Gasteiger partial charge in [0, 0.05) is 11.8 Å². The van der Waals surface area contributed by atoms with E-state index in [-0.39, 0.29) is 11.1 Å². The Balaban J connectivity index is 1.53. The number of fused-ring (bicyclic) bond motifs is 1. The van der Waals surface area contributed by atoms with Crippen LogP contribution in [0.3, 0.4) is 0 Å². The van der Waals surface area contributed by atoms with Crippen LogP contribution in [0.4, 0.5) is 11.4 Å². The lowest BCUT2D eigenvalue weighted by atomic mass is 10.1. The van der Waals surface area contributed by atoms with Gasteiger partial charge in [-0.15, -0.1) is 5.10 Å². The quantitative estimate of drug-likeness (QED) is 0.376. The highest BCUT2D eigenvalue weighted by Crippen LogP contribution is 2.32. The predicted octanol–water partition coefficient (Wildman–Crippen LogP) is 1.19. The van der Waals surface area contributed by atoms with Crippen LogP contribution in [0.15, 0.2) is 48.8 Å². The number of nitrogens with one attached hydrogen (secondary N) is 1. The van der Waals surface area contributed by atoms with E-state index >= 15 is 0 Å². The van der Waals surface area contributed by atoms with Crippen LogP contribution >= 0.6 is 0 Å². The lowest BCUT2D eigenvalue weighted by molar-refractivity contribution is -0.385. The minimum atomic E-state index is -1.18. The summed E-state index contributed by atoms with van der Waals surface area (Å²) in [5.41, 5.74) is 0.210. The van der Waals surface area contributed by atoms with Crippen molar-refractivity contribution in [3.63, 3.8) is 0 Å². The first-order chi connectivity index (χ1) is 14.4. The number of hydrogen-bond acceptors (Lipinski definition) is 8. The van der Waals surface area contributed by atoms with Gasteiger partial charge in [0.15, 0.2) is 0 Å². The third kappa shape index (κ3) is 3.05. The van der Waals surface area contributed by atoms with Crippen molar-refractivity contribution in [1.29, 1.82) is 0 Å². The number of carbonyl (C=O) groups is 3. The third-order valence-corrected chi connectivity index (χ3v) is 4.64. The average molecular weight is 407 g/mol. The fraction of sp³-hybridized carbons (Fsp3) is 0.111. The molecule has 1 N–H and O–H groups in total. The summed E-state index contributed by atoms with van der Waals surface area (Å²) >= 11 is 0. The summed E-state index contributed by atoms with van der Waals surface area (Å²) in [5.74, 6) is -2.25. The Morgan fingerprint density at radius 1 is 1.13 bits per heavy atom. The first-order valence-corrected chi connectivity index (χ1v) is 8.68. The van der Waals surface area contributed by atoms with E-state index in [0.717, 1.165) is 11.0 Å². The maximum Gasteiger partial charge on any atom is 0.282 e. The van der Waals surface area contributed by atoms with Crippen LogP contribution in [0.2, 0.25) is 0 Å². The summed E-state index contributed by atoms with van der Waals surface area (Å²) in [6.45, 7) is 1.37. The summed E-state index contributed by atoms with van der Waals surface area (Å²) in [4.78, 5) is 49.2. The van der Waals surface area contributed by atoms with Crippen LogP contribution in [0.5, 0.6) is 0 Å². The van der Waals surface area contributed by atoms with E-state index in [9.17, 15) is 24.5 Å². The zero-order chi connectivity index (χ0) is 21.4. The van der Waals surface area contributed by atoms with Gasteiger partial charge in [0.05, 0.1) is 16.2 Å². The van der Waals surface area contributed by atoms with Crippen LogP contribution in [0, 0.1) is 10.1 Å². The van der Waals surface area contributed by atoms with E-state index in [1.165, 1.54) is 30.1 Å². The van der Waals surface area contributed by atoms with Crippen molar-refractivity contribution in [2.24, 2.45) is 0 Å². The number of imide groups is 1. The van der Waals surface area contributed by atoms with Gasteiger partial charge in [-0.3, -0.25) is 29.4 Å². The number of benzene rings is 2. The second-order valence-electron chi connectivity index (χ2n) is 6.40. The van der Waals surface area contributed by atoms with E-state index in [1.807, 2.05) is 0 Å². The number of nitro groups is 1. The number of carbonyl (C=O) groups excluding carboxylic acids is 3. The number of aromatic nitrogens is 4. The lowest BCUT2D eigenvalue weighted by Crippen LogP contribution is -2.45. The van der Waals surface area contributed by atoms with E-state index in [0.29, 0.717) is 11.4 Å². The van der Waals surface area contributed by atoms with Gasteiger partial charge in [-0.05, 0) is 47.7 Å². The topological polar surface area (TPSA) is 153 Å². The summed E-state index contributed by atoms with van der Waals surface area (Å²) in [7, 11) is 0. The molecule has 2 aromatic carbocycles. The molecule has 150 valence electrons. The normalized spacial score (nSPS) is 13.8. The molecule has 0 unspecified atom stereocenters. The van der Waals surface area contributed by atoms with Crippen molar-refractivity contribution in [2.45, 2.75) is 13.0 Å². The molecular weight excluding hydrogens is 394 g/mol. The maximum atomic E-state index is 12.7. The van der Waals surface area contributed by atoms with E-state index in [4.69, 9.17) is 0 Å². The number of nitrogens with zero attached hydrogens (tertiary/aromatic N) is 6. The van der Waals surface area contributed by atoms with Crippen LogP contribution in [0.25, 0.3) is 5.69 Å². The fourth-order valence-corrected chi connectivity index (χ4v) is 3.13. The van der Waals surface area contributed by atoms with E-state index < -0.39 is 34.4 Å². The second-order valence-corrected chi connectivity index (χ2v) is 6.40. The minimum Gasteiger partial charge on any atom is -0.324 e. The van der Waals surface area contributed by atoms with Gasteiger partial charge in [0.2, 0.25) is 5.91 Å². The predicted molar refractivity (Wildman–Crippen MR) is 101 cm³/mol. The molecule has 1 aromatic heterocycles. The number of anilines is 1. The molecule has 0 saturated heterocycles. The Hall–Kier alpha value is -4.48. The largest absolute Gasteiger partial charge is 0.324 e. The molecular formula is C18H13N7O5. The van der Waals surface area contributed by atoms with Gasteiger partial charge in [0.1, 0.15) is 17.9 Å². The van der Waals surface area contributed by atoms with Crippen molar-refractivity contribution < 1.29 is 19.3 Å². The molecule has 12 nitrogen and oxygen atoms in total. The molecule has 30 heavy (non-hydrogen) atoms. The monoisotopic (exact) mass is 407 g/mol. The zero-order valence-corrected chi connectivity index (χ0v) is 15.4. The molecule has 0 spiro atoms. The minimum absolute atomic E-state index is 0.0976. The van der Waals surface area contributed by atoms with Crippen LogP contribution in [-0.2, 0) is 4.79 Å². The molecule has 1 aliphatic heterocycles. The van der Waals surface area contributed by atoms with Crippen molar-refractivity contribution in [3.05, 3.63) is 70.0 Å². The number of tetrazole rings is 1. The molecule has 4 rings (SSSR count). The Bertz CT molecular complexity index is 1170. The maximum absolute atomic E-state index is 12.7. The number of rotatable bonds is 5. The highest BCUT2D eigenvalue weighted by Gasteiger charge is 2.44. The fourth-order valence-electron chi connectivity index (χ4n) is 3.13. The van der Waals surface area contributed by atoms with Crippen molar-refractivity contribution in [1.82, 2.24) is 25.1 Å². The number of nitro benzene ring substituents is 1. The third-order valence-electron chi connectivity index (χ3n) is 4.64. The number of amides is 3. The Kier molecular flexibility index (Phi) is 4.50. The average Bonchev–Trinajstić information content (AvgIpc) is 3.35. The highest BCUT2D eigenvalue weighted by atomic mass is 16.6. The van der Waals surface area contributed by atoms with Gasteiger partial charge in [-0.1, -0.05) is 6.07 Å². The van der Waals surface area contributed by atoms with Crippen LogP contribution in [0.1, 0.15) is 27.6 Å². The SMILES string of the molecule is C[C@@H](C(=O)Nc1ccc(-n2cnnn2)cc1)N1C(=O)c2cccc([N+](=O)[O-])c2C1=O. The van der Waals surface area contributed by atoms with Gasteiger partial charge in [-0.2, -0.15) is 0 Å². The molecule has 3 aromatic rings. The first-order valence-electron chi connectivity index (χ1n) is 8.68. The van der Waals surface area contributed by atoms with Crippen LogP contribution in [-0.4, -0.2) is 53.8 Å². The molecule has 0 radical (unpaired) electrons. The summed E-state index contributed by atoms with van der Waals surface area (Å²) in [6, 6.07) is 9.15. The van der Waals surface area contributed by atoms with Gasteiger partial charge >= 0.3 is 0 Å². The lowest BCUT2D eigenvalue weighted by Gasteiger charge is -2.21. The molecule has 2 heterocycles. The van der Waals surface area contributed by atoms with Gasteiger partial charge in [-0.25, -0.2) is 4.68 Å². The zero-order valence-electron chi connectivity index (χ0n) is 15.4. The Morgan fingerprint density at radius 3 is 2.50 bits per heavy atom. The highest BCUT2D eigenvalue weighted by molar-refractivity contribution is 6.24. The van der Waals surface area contributed by atoms with Crippen LogP contribution < -0.4 is 5.32 Å². The first kappa shape index (κ1) is 18.9. The molecule has 0 saturated carbocycles. The molecule has 1 aliphatic rings. The second kappa shape index (κ2) is 7.16. The standard InChI is InChI=1S/C18H13N7O5/c1-10(16(26)20-11-5-7-12(8-6-11)23-9-19-21-22-23)24-17(27)13-3-2-4-14(25(29)30)15(13)18(24)28/h2-10H,1H3,(H,20,26)/t10-/m0/s1. The number of hydrogen-bond donors (Lipinski definition) is 1. The summed E-state index contributed by atoms with van der Waals surface area (Å²) in [5, 5.41) is 24.6. The Morgan fingerprint density at radius 2 is 1.87 bits per heavy atom.